The Morgan fingerprint density at radius 1 is 1.17 bits per heavy atom. The van der Waals surface area contributed by atoms with Gasteiger partial charge in [-0.1, -0.05) is 12.1 Å². The Kier molecular flexibility index (Phi) is 5.56. The van der Waals surface area contributed by atoms with Crippen LogP contribution in [0.15, 0.2) is 42.7 Å². The minimum atomic E-state index is -3.57. The molecule has 1 aromatic carbocycles. The van der Waals surface area contributed by atoms with Gasteiger partial charge in [-0.2, -0.15) is 0 Å². The van der Waals surface area contributed by atoms with Crippen LogP contribution in [0, 0.1) is 13.8 Å². The maximum atomic E-state index is 12.2. The van der Waals surface area contributed by atoms with Crippen molar-refractivity contribution in [2.24, 2.45) is 0 Å². The van der Waals surface area contributed by atoms with Crippen molar-refractivity contribution in [2.45, 2.75) is 20.4 Å². The van der Waals surface area contributed by atoms with E-state index < -0.39 is 10.0 Å². The van der Waals surface area contributed by atoms with Crippen LogP contribution in [-0.2, 0) is 21.4 Å². The molecule has 1 amide bonds. The molecule has 1 heterocycles. The maximum absolute atomic E-state index is 12.2. The molecule has 0 saturated heterocycles. The number of carbonyl (C=O) groups is 1. The van der Waals surface area contributed by atoms with Gasteiger partial charge < -0.3 is 5.32 Å². The number of nitrogens with one attached hydrogen (secondary N) is 1. The number of aryl methyl sites for hydroxylation is 1. The molecule has 0 atom stereocenters. The number of carbonyl (C=O) groups excluding carboxylic acids is 1. The summed E-state index contributed by atoms with van der Waals surface area (Å²) in [6.07, 6.45) is 4.38. The predicted molar refractivity (Wildman–Crippen MR) is 94.2 cm³/mol. The lowest BCUT2D eigenvalue weighted by molar-refractivity contribution is -0.119. The highest BCUT2D eigenvalue weighted by Crippen LogP contribution is 2.24. The summed E-state index contributed by atoms with van der Waals surface area (Å²) < 4.78 is 25.4. The van der Waals surface area contributed by atoms with E-state index in [2.05, 4.69) is 10.3 Å². The zero-order valence-electron chi connectivity index (χ0n) is 14.0. The van der Waals surface area contributed by atoms with Gasteiger partial charge in [0, 0.05) is 18.9 Å². The van der Waals surface area contributed by atoms with E-state index in [-0.39, 0.29) is 12.5 Å². The number of nitrogens with zero attached hydrogens (tertiary/aromatic N) is 2. The molecular weight excluding hydrogens is 326 g/mol. The lowest BCUT2D eigenvalue weighted by Gasteiger charge is -2.24. The summed E-state index contributed by atoms with van der Waals surface area (Å²) >= 11 is 0. The van der Waals surface area contributed by atoms with Gasteiger partial charge in [-0.05, 0) is 48.7 Å². The molecule has 0 fully saturated rings. The van der Waals surface area contributed by atoms with Gasteiger partial charge in [0.05, 0.1) is 11.9 Å². The van der Waals surface area contributed by atoms with E-state index in [1.165, 1.54) is 0 Å². The third-order valence-corrected chi connectivity index (χ3v) is 4.90. The van der Waals surface area contributed by atoms with Crippen molar-refractivity contribution in [2.75, 3.05) is 17.1 Å². The molecule has 0 aliphatic heterocycles. The highest BCUT2D eigenvalue weighted by molar-refractivity contribution is 7.92. The molecule has 1 N–H and O–H groups in total. The normalized spacial score (nSPS) is 11.1. The lowest BCUT2D eigenvalue weighted by Crippen LogP contribution is -2.40. The molecule has 128 valence electrons. The number of hydrogen-bond donors (Lipinski definition) is 1. The Morgan fingerprint density at radius 2 is 1.83 bits per heavy atom. The standard InChI is InChI=1S/C17H21N3O3S/c1-13-5-4-6-16(14(13)2)20(24(3,22)23)12-17(21)19-11-15-7-9-18-10-8-15/h4-10H,11-12H2,1-3H3,(H,19,21). The van der Waals surface area contributed by atoms with Gasteiger partial charge >= 0.3 is 0 Å². The topological polar surface area (TPSA) is 79.4 Å². The first-order valence-electron chi connectivity index (χ1n) is 7.48. The van der Waals surface area contributed by atoms with E-state index in [1.807, 2.05) is 19.9 Å². The van der Waals surface area contributed by atoms with Crippen LogP contribution < -0.4 is 9.62 Å². The van der Waals surface area contributed by atoms with Gasteiger partial charge in [0.25, 0.3) is 0 Å². The van der Waals surface area contributed by atoms with Crippen molar-refractivity contribution >= 4 is 21.6 Å². The first-order chi connectivity index (χ1) is 11.3. The summed E-state index contributed by atoms with van der Waals surface area (Å²) in [4.78, 5) is 16.1. The van der Waals surface area contributed by atoms with Crippen LogP contribution in [0.2, 0.25) is 0 Å². The number of anilines is 1. The molecule has 6 nitrogen and oxygen atoms in total. The van der Waals surface area contributed by atoms with E-state index in [1.54, 1.807) is 36.7 Å². The largest absolute Gasteiger partial charge is 0.350 e. The second-order valence-corrected chi connectivity index (χ2v) is 7.53. The number of aromatic nitrogens is 1. The average Bonchev–Trinajstić information content (AvgIpc) is 2.53. The second kappa shape index (κ2) is 7.44. The van der Waals surface area contributed by atoms with Gasteiger partial charge in [-0.25, -0.2) is 8.42 Å². The molecule has 24 heavy (non-hydrogen) atoms. The SMILES string of the molecule is Cc1cccc(N(CC(=O)NCc2ccncc2)S(C)(=O)=O)c1C. The Bertz CT molecular complexity index is 820. The quantitative estimate of drug-likeness (QED) is 0.864. The zero-order chi connectivity index (χ0) is 17.7. The molecule has 0 aliphatic carbocycles. The van der Waals surface area contributed by atoms with Gasteiger partial charge in [0.15, 0.2) is 0 Å². The Balaban J connectivity index is 2.15. The molecule has 0 bridgehead atoms. The molecule has 0 unspecified atom stereocenters. The lowest BCUT2D eigenvalue weighted by atomic mass is 10.1. The molecule has 0 saturated carbocycles. The first-order valence-corrected chi connectivity index (χ1v) is 9.33. The predicted octanol–water partition coefficient (Wildman–Crippen LogP) is 1.78. The molecule has 2 rings (SSSR count). The third kappa shape index (κ3) is 4.55. The minimum absolute atomic E-state index is 0.256. The Morgan fingerprint density at radius 3 is 2.46 bits per heavy atom. The van der Waals surface area contributed by atoms with E-state index in [4.69, 9.17) is 0 Å². The number of amides is 1. The highest BCUT2D eigenvalue weighted by Gasteiger charge is 2.22. The molecule has 7 heteroatoms. The van der Waals surface area contributed by atoms with Crippen LogP contribution in [0.25, 0.3) is 0 Å². The van der Waals surface area contributed by atoms with E-state index in [9.17, 15) is 13.2 Å². The maximum Gasteiger partial charge on any atom is 0.241 e. The first kappa shape index (κ1) is 17.9. The van der Waals surface area contributed by atoms with Crippen LogP contribution in [0.4, 0.5) is 5.69 Å². The summed E-state index contributed by atoms with van der Waals surface area (Å²) in [5.41, 5.74) is 3.23. The average molecular weight is 347 g/mol. The Labute approximate surface area is 142 Å². The number of sulfonamides is 1. The Hall–Kier alpha value is -2.41. The molecule has 0 spiro atoms. The summed E-state index contributed by atoms with van der Waals surface area (Å²) in [5.74, 6) is -0.363. The minimum Gasteiger partial charge on any atom is -0.350 e. The van der Waals surface area contributed by atoms with Crippen molar-refractivity contribution < 1.29 is 13.2 Å². The monoisotopic (exact) mass is 347 g/mol. The van der Waals surface area contributed by atoms with Crippen LogP contribution in [-0.4, -0.2) is 32.1 Å². The molecular formula is C17H21N3O3S. The van der Waals surface area contributed by atoms with Crippen molar-refractivity contribution in [1.82, 2.24) is 10.3 Å². The number of rotatable bonds is 6. The third-order valence-electron chi connectivity index (χ3n) is 3.77. The number of benzene rings is 1. The van der Waals surface area contributed by atoms with E-state index >= 15 is 0 Å². The second-order valence-electron chi connectivity index (χ2n) is 5.62. The molecule has 1 aromatic heterocycles. The molecule has 0 radical (unpaired) electrons. The number of pyridine rings is 1. The molecule has 2 aromatic rings. The zero-order valence-corrected chi connectivity index (χ0v) is 14.8. The summed E-state index contributed by atoms with van der Waals surface area (Å²) in [6.45, 7) is 3.82. The fourth-order valence-corrected chi connectivity index (χ4v) is 3.18. The van der Waals surface area contributed by atoms with Crippen molar-refractivity contribution in [3.63, 3.8) is 0 Å². The summed E-state index contributed by atoms with van der Waals surface area (Å²) in [6, 6.07) is 8.98. The van der Waals surface area contributed by atoms with Crippen molar-refractivity contribution in [1.29, 1.82) is 0 Å². The van der Waals surface area contributed by atoms with Crippen LogP contribution in [0.3, 0.4) is 0 Å². The number of hydrogen-bond acceptors (Lipinski definition) is 4. The smallest absolute Gasteiger partial charge is 0.241 e. The highest BCUT2D eigenvalue weighted by atomic mass is 32.2. The summed E-state index contributed by atoms with van der Waals surface area (Å²) in [7, 11) is -3.57. The van der Waals surface area contributed by atoms with Gasteiger partial charge in [0.1, 0.15) is 6.54 Å². The van der Waals surface area contributed by atoms with Crippen LogP contribution >= 0.6 is 0 Å². The van der Waals surface area contributed by atoms with Gasteiger partial charge in [-0.15, -0.1) is 0 Å². The van der Waals surface area contributed by atoms with Crippen LogP contribution in [0.5, 0.6) is 0 Å². The fourth-order valence-electron chi connectivity index (χ4n) is 2.27. The van der Waals surface area contributed by atoms with Gasteiger partial charge in [-0.3, -0.25) is 14.1 Å². The van der Waals surface area contributed by atoms with Crippen molar-refractivity contribution in [3.8, 4) is 0 Å². The van der Waals surface area contributed by atoms with E-state index in [0.29, 0.717) is 12.2 Å². The molecule has 0 aliphatic rings. The fraction of sp³-hybridized carbons (Fsp3) is 0.294. The van der Waals surface area contributed by atoms with Crippen LogP contribution in [0.1, 0.15) is 16.7 Å². The van der Waals surface area contributed by atoms with Crippen molar-refractivity contribution in [3.05, 3.63) is 59.4 Å². The van der Waals surface area contributed by atoms with E-state index in [0.717, 1.165) is 27.3 Å². The van der Waals surface area contributed by atoms with Gasteiger partial charge in [0.2, 0.25) is 15.9 Å². The summed E-state index contributed by atoms with van der Waals surface area (Å²) in [5, 5.41) is 2.73.